The molecule has 0 radical (unpaired) electrons. The van der Waals surface area contributed by atoms with Crippen molar-refractivity contribution in [2.75, 3.05) is 27.2 Å². The van der Waals surface area contributed by atoms with E-state index in [2.05, 4.69) is 26.6 Å². The van der Waals surface area contributed by atoms with Crippen molar-refractivity contribution in [3.05, 3.63) is 41.5 Å². The Morgan fingerprint density at radius 2 is 2.11 bits per heavy atom. The van der Waals surface area contributed by atoms with Gasteiger partial charge in [-0.2, -0.15) is 0 Å². The predicted molar refractivity (Wildman–Crippen MR) is 109 cm³/mol. The number of phenolic OH excluding ortho intramolecular Hbond substituents is 1. The summed E-state index contributed by atoms with van der Waals surface area (Å²) >= 11 is 0. The first kappa shape index (κ1) is 20.5. The number of imidazole rings is 1. The molecular weight excluding hydrogens is 342 g/mol. The lowest BCUT2D eigenvalue weighted by atomic mass is 10.1. The van der Waals surface area contributed by atoms with Gasteiger partial charge in [0, 0.05) is 6.54 Å². The van der Waals surface area contributed by atoms with E-state index in [1.54, 1.807) is 18.5 Å². The van der Waals surface area contributed by atoms with E-state index in [0.29, 0.717) is 30.2 Å². The van der Waals surface area contributed by atoms with Crippen molar-refractivity contribution in [1.29, 1.82) is 0 Å². The minimum Gasteiger partial charge on any atom is -0.507 e. The molecule has 0 aliphatic carbocycles. The SMILES string of the molecule is C=NC(=NCCCN(C)C)c1ncn(-c2cccc(O)c2C(C)=O)c1CC. The number of ketones is 1. The zero-order chi connectivity index (χ0) is 20.0. The Bertz CT molecular complexity index is 852. The number of aromatic nitrogens is 2. The maximum atomic E-state index is 12.0. The lowest BCUT2D eigenvalue weighted by molar-refractivity contribution is 0.101. The van der Waals surface area contributed by atoms with Crippen molar-refractivity contribution in [2.45, 2.75) is 26.7 Å². The molecule has 27 heavy (non-hydrogen) atoms. The number of benzene rings is 1. The molecule has 0 unspecified atom stereocenters. The third-order valence-electron chi connectivity index (χ3n) is 4.22. The number of Topliss-reactive ketones (excluding diaryl/α,β-unsaturated/α-hetero) is 1. The summed E-state index contributed by atoms with van der Waals surface area (Å²) in [4.78, 5) is 27.2. The summed E-state index contributed by atoms with van der Waals surface area (Å²) in [6.07, 6.45) is 3.21. The molecule has 0 aliphatic rings. The van der Waals surface area contributed by atoms with E-state index >= 15 is 0 Å². The van der Waals surface area contributed by atoms with E-state index in [1.165, 1.54) is 13.0 Å². The van der Waals surface area contributed by atoms with Crippen LogP contribution in [0.5, 0.6) is 5.75 Å². The second-order valence-electron chi connectivity index (χ2n) is 6.51. The number of carbonyl (C=O) groups excluding carboxylic acids is 1. The molecule has 0 atom stereocenters. The molecule has 0 bridgehead atoms. The molecule has 0 aliphatic heterocycles. The standard InChI is InChI=1S/C20H27N5O2/c1-6-15-19(20(21-3)22-11-8-12-24(4)5)23-13-25(15)16-9-7-10-17(27)18(16)14(2)26/h7,9-10,13,27H,3,6,8,11-12H2,1-2,4-5H3. The molecular formula is C20H27N5O2. The number of aromatic hydroxyl groups is 1. The monoisotopic (exact) mass is 369 g/mol. The highest BCUT2D eigenvalue weighted by molar-refractivity contribution is 6.02. The molecule has 0 saturated heterocycles. The number of aliphatic imine (C=N–C) groups is 2. The second-order valence-corrected chi connectivity index (χ2v) is 6.51. The van der Waals surface area contributed by atoms with Crippen LogP contribution in [0.25, 0.3) is 5.69 Å². The Morgan fingerprint density at radius 1 is 1.37 bits per heavy atom. The summed E-state index contributed by atoms with van der Waals surface area (Å²) in [5.41, 5.74) is 2.37. The van der Waals surface area contributed by atoms with E-state index in [-0.39, 0.29) is 17.1 Å². The molecule has 7 heteroatoms. The molecule has 1 N–H and O–H groups in total. The van der Waals surface area contributed by atoms with Crippen LogP contribution < -0.4 is 0 Å². The van der Waals surface area contributed by atoms with Crippen LogP contribution in [0.15, 0.2) is 34.5 Å². The first-order valence-electron chi connectivity index (χ1n) is 8.96. The minimum atomic E-state index is -0.208. The summed E-state index contributed by atoms with van der Waals surface area (Å²) in [5, 5.41) is 10.1. The molecule has 1 aromatic heterocycles. The molecule has 7 nitrogen and oxygen atoms in total. The summed E-state index contributed by atoms with van der Waals surface area (Å²) in [6.45, 7) is 8.64. The largest absolute Gasteiger partial charge is 0.507 e. The minimum absolute atomic E-state index is 0.0447. The van der Waals surface area contributed by atoms with Gasteiger partial charge in [-0.3, -0.25) is 9.79 Å². The number of phenols is 1. The highest BCUT2D eigenvalue weighted by Gasteiger charge is 2.20. The van der Waals surface area contributed by atoms with Gasteiger partial charge in [0.05, 0.1) is 16.9 Å². The van der Waals surface area contributed by atoms with Crippen LogP contribution >= 0.6 is 0 Å². The van der Waals surface area contributed by atoms with Crippen LogP contribution in [-0.2, 0) is 6.42 Å². The Kier molecular flexibility index (Phi) is 7.01. The van der Waals surface area contributed by atoms with Gasteiger partial charge in [-0.05, 0) is 59.3 Å². The molecule has 2 rings (SSSR count). The Hall–Kier alpha value is -2.80. The number of amidine groups is 1. The quantitative estimate of drug-likeness (QED) is 0.336. The topological polar surface area (TPSA) is 83.1 Å². The molecule has 0 spiro atoms. The predicted octanol–water partition coefficient (Wildman–Crippen LogP) is 2.74. The molecule has 0 saturated carbocycles. The van der Waals surface area contributed by atoms with Crippen LogP contribution in [0, 0.1) is 0 Å². The smallest absolute Gasteiger partial charge is 0.174 e. The summed E-state index contributed by atoms with van der Waals surface area (Å²) in [7, 11) is 4.05. The average Bonchev–Trinajstić information content (AvgIpc) is 3.04. The molecule has 1 heterocycles. The van der Waals surface area contributed by atoms with Gasteiger partial charge in [0.25, 0.3) is 0 Å². The van der Waals surface area contributed by atoms with Crippen molar-refractivity contribution in [3.63, 3.8) is 0 Å². The van der Waals surface area contributed by atoms with Crippen LogP contribution in [-0.4, -0.2) is 65.1 Å². The lowest BCUT2D eigenvalue weighted by Crippen LogP contribution is -2.14. The molecule has 0 fully saturated rings. The van der Waals surface area contributed by atoms with Crippen LogP contribution in [0.3, 0.4) is 0 Å². The van der Waals surface area contributed by atoms with Gasteiger partial charge < -0.3 is 14.6 Å². The first-order chi connectivity index (χ1) is 12.9. The van der Waals surface area contributed by atoms with E-state index in [1.807, 2.05) is 25.6 Å². The third-order valence-corrected chi connectivity index (χ3v) is 4.22. The van der Waals surface area contributed by atoms with Gasteiger partial charge in [-0.25, -0.2) is 9.98 Å². The van der Waals surface area contributed by atoms with Crippen LogP contribution in [0.1, 0.15) is 42.0 Å². The van der Waals surface area contributed by atoms with E-state index in [9.17, 15) is 9.90 Å². The second kappa shape index (κ2) is 9.23. The summed E-state index contributed by atoms with van der Waals surface area (Å²) < 4.78 is 1.81. The van der Waals surface area contributed by atoms with Gasteiger partial charge in [0.1, 0.15) is 17.8 Å². The molecule has 1 aromatic carbocycles. The van der Waals surface area contributed by atoms with Gasteiger partial charge in [-0.15, -0.1) is 0 Å². The number of nitrogens with zero attached hydrogens (tertiary/aromatic N) is 5. The zero-order valence-electron chi connectivity index (χ0n) is 16.4. The van der Waals surface area contributed by atoms with Crippen molar-refractivity contribution < 1.29 is 9.90 Å². The maximum Gasteiger partial charge on any atom is 0.174 e. The fourth-order valence-corrected chi connectivity index (χ4v) is 2.97. The lowest BCUT2D eigenvalue weighted by Gasteiger charge is -2.13. The van der Waals surface area contributed by atoms with Crippen molar-refractivity contribution in [2.24, 2.45) is 9.98 Å². The Morgan fingerprint density at radius 3 is 2.70 bits per heavy atom. The van der Waals surface area contributed by atoms with Crippen molar-refractivity contribution >= 4 is 18.3 Å². The Labute approximate surface area is 160 Å². The highest BCUT2D eigenvalue weighted by Crippen LogP contribution is 2.27. The summed E-state index contributed by atoms with van der Waals surface area (Å²) in [6, 6.07) is 5.00. The molecule has 2 aromatic rings. The number of rotatable bonds is 8. The summed E-state index contributed by atoms with van der Waals surface area (Å²) in [5.74, 6) is 0.241. The normalized spacial score (nSPS) is 11.8. The van der Waals surface area contributed by atoms with Crippen LogP contribution in [0.4, 0.5) is 0 Å². The van der Waals surface area contributed by atoms with Gasteiger partial charge in [-0.1, -0.05) is 13.0 Å². The van der Waals surface area contributed by atoms with E-state index in [0.717, 1.165) is 18.7 Å². The van der Waals surface area contributed by atoms with Crippen molar-refractivity contribution in [3.8, 4) is 11.4 Å². The molecule has 0 amide bonds. The first-order valence-corrected chi connectivity index (χ1v) is 8.96. The van der Waals surface area contributed by atoms with Crippen LogP contribution in [0.2, 0.25) is 0 Å². The third kappa shape index (κ3) is 4.68. The number of hydrogen-bond acceptors (Lipinski definition) is 5. The van der Waals surface area contributed by atoms with E-state index < -0.39 is 0 Å². The van der Waals surface area contributed by atoms with Gasteiger partial charge >= 0.3 is 0 Å². The van der Waals surface area contributed by atoms with E-state index in [4.69, 9.17) is 0 Å². The van der Waals surface area contributed by atoms with Crippen molar-refractivity contribution in [1.82, 2.24) is 14.5 Å². The van der Waals surface area contributed by atoms with Gasteiger partial charge in [0.15, 0.2) is 11.6 Å². The molecule has 144 valence electrons. The maximum absolute atomic E-state index is 12.0. The number of hydrogen-bond donors (Lipinski definition) is 1. The average molecular weight is 369 g/mol. The fraction of sp³-hybridized carbons (Fsp3) is 0.400. The van der Waals surface area contributed by atoms with Gasteiger partial charge in [0.2, 0.25) is 0 Å². The Balaban J connectivity index is 2.45. The number of carbonyl (C=O) groups is 1. The highest BCUT2D eigenvalue weighted by atomic mass is 16.3. The zero-order valence-corrected chi connectivity index (χ0v) is 16.4. The fourth-order valence-electron chi connectivity index (χ4n) is 2.97.